The van der Waals surface area contributed by atoms with Crippen LogP contribution in [0.15, 0.2) is 40.0 Å². The van der Waals surface area contributed by atoms with Gasteiger partial charge < -0.3 is 5.32 Å². The number of benzene rings is 1. The number of thioether (sulfide) groups is 1. The third-order valence-electron chi connectivity index (χ3n) is 2.40. The molecule has 1 amide bonds. The molecule has 0 unspecified atom stereocenters. The molecule has 2 rings (SSSR count). The summed E-state index contributed by atoms with van der Waals surface area (Å²) in [4.78, 5) is 20.4. The summed E-state index contributed by atoms with van der Waals surface area (Å²) in [6.45, 7) is 3.83. The van der Waals surface area contributed by atoms with E-state index in [-0.39, 0.29) is 11.7 Å². The minimum absolute atomic E-state index is 0.0733. The van der Waals surface area contributed by atoms with E-state index in [0.717, 1.165) is 21.5 Å². The molecule has 1 N–H and O–H groups in total. The Morgan fingerprint density at radius 2 is 1.95 bits per heavy atom. The van der Waals surface area contributed by atoms with Crippen molar-refractivity contribution in [1.82, 2.24) is 9.97 Å². The van der Waals surface area contributed by atoms with E-state index >= 15 is 0 Å². The smallest absolute Gasteiger partial charge is 0.234 e. The molecule has 20 heavy (non-hydrogen) atoms. The van der Waals surface area contributed by atoms with Gasteiger partial charge in [0.2, 0.25) is 5.91 Å². The minimum atomic E-state index is -0.0733. The number of anilines is 1. The summed E-state index contributed by atoms with van der Waals surface area (Å²) in [5.74, 6) is 0.214. The molecule has 0 saturated heterocycles. The summed E-state index contributed by atoms with van der Waals surface area (Å²) >= 11 is 4.70. The monoisotopic (exact) mass is 351 g/mol. The summed E-state index contributed by atoms with van der Waals surface area (Å²) in [5.41, 5.74) is 2.59. The molecule has 0 aliphatic rings. The van der Waals surface area contributed by atoms with Crippen molar-refractivity contribution in [2.45, 2.75) is 19.0 Å². The van der Waals surface area contributed by atoms with Crippen molar-refractivity contribution in [3.63, 3.8) is 0 Å². The van der Waals surface area contributed by atoms with Crippen LogP contribution in [-0.4, -0.2) is 21.6 Å². The van der Waals surface area contributed by atoms with Crippen molar-refractivity contribution < 1.29 is 4.79 Å². The second-order valence-corrected chi connectivity index (χ2v) is 6.14. The quantitative estimate of drug-likeness (QED) is 0.675. The van der Waals surface area contributed by atoms with E-state index < -0.39 is 0 Å². The van der Waals surface area contributed by atoms with Gasteiger partial charge in [-0.25, -0.2) is 9.97 Å². The number of nitrogens with zero attached hydrogens (tertiary/aromatic N) is 2. The van der Waals surface area contributed by atoms with Crippen LogP contribution < -0.4 is 5.32 Å². The molecule has 0 aliphatic carbocycles. The molecule has 1 aromatic heterocycles. The second-order valence-electron chi connectivity index (χ2n) is 4.28. The maximum atomic E-state index is 11.9. The first kappa shape index (κ1) is 15.0. The number of hydrogen-bond donors (Lipinski definition) is 1. The van der Waals surface area contributed by atoms with Gasteiger partial charge in [-0.05, 0) is 38.1 Å². The van der Waals surface area contributed by atoms with Crippen LogP contribution in [0.3, 0.4) is 0 Å². The number of rotatable bonds is 4. The van der Waals surface area contributed by atoms with E-state index in [9.17, 15) is 4.79 Å². The zero-order valence-electron chi connectivity index (χ0n) is 11.2. The Kier molecular flexibility index (Phi) is 5.14. The predicted octanol–water partition coefficient (Wildman–Crippen LogP) is 3.59. The third kappa shape index (κ3) is 4.61. The molecule has 0 atom stereocenters. The lowest BCUT2D eigenvalue weighted by Crippen LogP contribution is -2.14. The van der Waals surface area contributed by atoms with Crippen LogP contribution in [0.5, 0.6) is 0 Å². The SMILES string of the molecule is Cc1cc(C)nc(SCC(=O)Nc2cccc(Br)c2)n1. The molecular formula is C14H14BrN3OS. The standard InChI is InChI=1S/C14H14BrN3OS/c1-9-6-10(2)17-14(16-9)20-8-13(19)18-12-5-3-4-11(15)7-12/h3-7H,8H2,1-2H3,(H,18,19). The summed E-state index contributed by atoms with van der Waals surface area (Å²) in [7, 11) is 0. The number of carbonyl (C=O) groups is 1. The van der Waals surface area contributed by atoms with Gasteiger partial charge >= 0.3 is 0 Å². The highest BCUT2D eigenvalue weighted by Crippen LogP contribution is 2.17. The van der Waals surface area contributed by atoms with Crippen LogP contribution in [-0.2, 0) is 4.79 Å². The molecule has 0 bridgehead atoms. The molecule has 4 nitrogen and oxygen atoms in total. The predicted molar refractivity (Wildman–Crippen MR) is 85.0 cm³/mol. The first-order chi connectivity index (χ1) is 9.52. The van der Waals surface area contributed by atoms with Gasteiger partial charge in [0.25, 0.3) is 0 Å². The average molecular weight is 352 g/mol. The third-order valence-corrected chi connectivity index (χ3v) is 3.74. The topological polar surface area (TPSA) is 54.9 Å². The Morgan fingerprint density at radius 1 is 1.25 bits per heavy atom. The summed E-state index contributed by atoms with van der Waals surface area (Å²) in [6.07, 6.45) is 0. The van der Waals surface area contributed by atoms with E-state index in [1.165, 1.54) is 11.8 Å². The van der Waals surface area contributed by atoms with Gasteiger partial charge in [0.15, 0.2) is 5.16 Å². The largest absolute Gasteiger partial charge is 0.325 e. The van der Waals surface area contributed by atoms with Crippen molar-refractivity contribution in [2.75, 3.05) is 11.1 Å². The molecule has 104 valence electrons. The van der Waals surface area contributed by atoms with Gasteiger partial charge in [-0.1, -0.05) is 33.8 Å². The molecule has 0 radical (unpaired) electrons. The summed E-state index contributed by atoms with van der Waals surface area (Å²) < 4.78 is 0.931. The number of halogens is 1. The van der Waals surface area contributed by atoms with E-state index in [0.29, 0.717) is 5.16 Å². The molecule has 0 fully saturated rings. The molecule has 0 spiro atoms. The molecular weight excluding hydrogens is 338 g/mol. The zero-order valence-corrected chi connectivity index (χ0v) is 13.6. The van der Waals surface area contributed by atoms with Crippen molar-refractivity contribution in [2.24, 2.45) is 0 Å². The fourth-order valence-corrected chi connectivity index (χ4v) is 2.80. The zero-order chi connectivity index (χ0) is 14.5. The minimum Gasteiger partial charge on any atom is -0.325 e. The number of amides is 1. The van der Waals surface area contributed by atoms with Gasteiger partial charge in [-0.15, -0.1) is 0 Å². The Hall–Kier alpha value is -1.40. The number of carbonyl (C=O) groups excluding carboxylic acids is 1. The van der Waals surface area contributed by atoms with Crippen LogP contribution in [0.25, 0.3) is 0 Å². The highest BCUT2D eigenvalue weighted by molar-refractivity contribution is 9.10. The van der Waals surface area contributed by atoms with Gasteiger partial charge in [-0.3, -0.25) is 4.79 Å². The lowest BCUT2D eigenvalue weighted by molar-refractivity contribution is -0.113. The fourth-order valence-electron chi connectivity index (χ4n) is 1.65. The maximum Gasteiger partial charge on any atom is 0.234 e. The van der Waals surface area contributed by atoms with Crippen molar-refractivity contribution in [3.05, 3.63) is 46.2 Å². The molecule has 1 aromatic carbocycles. The first-order valence-electron chi connectivity index (χ1n) is 6.03. The highest BCUT2D eigenvalue weighted by atomic mass is 79.9. The molecule has 1 heterocycles. The first-order valence-corrected chi connectivity index (χ1v) is 7.81. The highest BCUT2D eigenvalue weighted by Gasteiger charge is 2.06. The maximum absolute atomic E-state index is 11.9. The lowest BCUT2D eigenvalue weighted by Gasteiger charge is -2.05. The second kappa shape index (κ2) is 6.85. The Balaban J connectivity index is 1.92. The van der Waals surface area contributed by atoms with Crippen LogP contribution in [0, 0.1) is 13.8 Å². The number of aryl methyl sites for hydroxylation is 2. The van der Waals surface area contributed by atoms with E-state index in [2.05, 4.69) is 31.2 Å². The number of aromatic nitrogens is 2. The lowest BCUT2D eigenvalue weighted by atomic mass is 10.3. The summed E-state index contributed by atoms with van der Waals surface area (Å²) in [6, 6.07) is 9.40. The molecule has 0 saturated carbocycles. The molecule has 6 heteroatoms. The Labute approximate surface area is 130 Å². The summed E-state index contributed by atoms with van der Waals surface area (Å²) in [5, 5.41) is 3.47. The van der Waals surface area contributed by atoms with E-state index in [1.54, 1.807) is 0 Å². The fraction of sp³-hybridized carbons (Fsp3) is 0.214. The number of hydrogen-bond acceptors (Lipinski definition) is 4. The van der Waals surface area contributed by atoms with Gasteiger partial charge in [-0.2, -0.15) is 0 Å². The van der Waals surface area contributed by atoms with E-state index in [1.807, 2.05) is 44.2 Å². The van der Waals surface area contributed by atoms with Gasteiger partial charge in [0, 0.05) is 21.5 Å². The van der Waals surface area contributed by atoms with E-state index in [4.69, 9.17) is 0 Å². The molecule has 2 aromatic rings. The number of nitrogens with one attached hydrogen (secondary N) is 1. The Bertz CT molecular complexity index is 613. The molecule has 0 aliphatic heterocycles. The van der Waals surface area contributed by atoms with Gasteiger partial charge in [0.05, 0.1) is 5.75 Å². The average Bonchev–Trinajstić information content (AvgIpc) is 2.35. The normalized spacial score (nSPS) is 10.3. The van der Waals surface area contributed by atoms with Crippen LogP contribution in [0.4, 0.5) is 5.69 Å². The van der Waals surface area contributed by atoms with Crippen molar-refractivity contribution in [1.29, 1.82) is 0 Å². The Morgan fingerprint density at radius 3 is 2.60 bits per heavy atom. The van der Waals surface area contributed by atoms with Crippen LogP contribution in [0.2, 0.25) is 0 Å². The van der Waals surface area contributed by atoms with Crippen LogP contribution in [0.1, 0.15) is 11.4 Å². The van der Waals surface area contributed by atoms with Crippen molar-refractivity contribution in [3.8, 4) is 0 Å². The van der Waals surface area contributed by atoms with Crippen molar-refractivity contribution >= 4 is 39.3 Å². The van der Waals surface area contributed by atoms with Gasteiger partial charge in [0.1, 0.15) is 0 Å². The van der Waals surface area contributed by atoms with Crippen LogP contribution >= 0.6 is 27.7 Å².